The average molecular weight is 403 g/mol. The van der Waals surface area contributed by atoms with Crippen molar-refractivity contribution >= 4 is 34.7 Å². The molecule has 1 aromatic heterocycles. The molecule has 0 unspecified atom stereocenters. The normalized spacial score (nSPS) is 10.7. The van der Waals surface area contributed by atoms with Crippen molar-refractivity contribution in [3.8, 4) is 11.5 Å². The third kappa shape index (κ3) is 4.25. The Morgan fingerprint density at radius 1 is 0.966 bits per heavy atom. The molecule has 3 N–H and O–H groups in total. The molecule has 6 nitrogen and oxygen atoms in total. The number of benzene rings is 3. The van der Waals surface area contributed by atoms with Crippen molar-refractivity contribution in [2.75, 3.05) is 5.32 Å². The van der Waals surface area contributed by atoms with Crippen molar-refractivity contribution < 1.29 is 9.53 Å². The van der Waals surface area contributed by atoms with E-state index in [0.29, 0.717) is 27.9 Å². The van der Waals surface area contributed by atoms with Crippen LogP contribution in [0.4, 0.5) is 5.69 Å². The van der Waals surface area contributed by atoms with Gasteiger partial charge in [0, 0.05) is 11.3 Å². The average Bonchev–Trinajstić information content (AvgIpc) is 2.69. The summed E-state index contributed by atoms with van der Waals surface area (Å²) < 4.78 is 6.03. The van der Waals surface area contributed by atoms with Crippen LogP contribution < -0.4 is 15.6 Å². The maximum Gasteiger partial charge on any atom is 0.259 e. The number of hydrogen-bond donors (Lipinski definition) is 3. The number of carbonyl (C=O) groups excluding carboxylic acids is 1. The molecule has 3 aromatic carbocycles. The number of ether oxygens (including phenoxy) is 1. The highest BCUT2D eigenvalue weighted by atomic mass is 32.1. The molecule has 0 aliphatic carbocycles. The maximum absolute atomic E-state index is 12.6. The van der Waals surface area contributed by atoms with E-state index in [4.69, 9.17) is 17.0 Å². The minimum Gasteiger partial charge on any atom is -0.457 e. The lowest BCUT2D eigenvalue weighted by Gasteiger charge is -2.09. The Hall–Kier alpha value is -3.71. The third-order valence-electron chi connectivity index (χ3n) is 4.34. The number of aromatic amines is 2. The highest BCUT2D eigenvalue weighted by Crippen LogP contribution is 2.24. The van der Waals surface area contributed by atoms with E-state index in [2.05, 4.69) is 15.3 Å². The van der Waals surface area contributed by atoms with E-state index in [0.717, 1.165) is 11.3 Å². The number of aromatic nitrogens is 2. The number of rotatable bonds is 4. The molecule has 0 radical (unpaired) electrons. The first-order valence-electron chi connectivity index (χ1n) is 8.90. The zero-order valence-electron chi connectivity index (χ0n) is 15.5. The summed E-state index contributed by atoms with van der Waals surface area (Å²) in [4.78, 5) is 29.9. The first kappa shape index (κ1) is 18.6. The molecule has 0 bridgehead atoms. The Morgan fingerprint density at radius 2 is 1.76 bits per heavy atom. The zero-order valence-corrected chi connectivity index (χ0v) is 16.3. The van der Waals surface area contributed by atoms with Crippen LogP contribution in [0.5, 0.6) is 11.5 Å². The van der Waals surface area contributed by atoms with Crippen LogP contribution in [0.2, 0.25) is 0 Å². The molecule has 29 heavy (non-hydrogen) atoms. The molecule has 144 valence electrons. The van der Waals surface area contributed by atoms with E-state index in [9.17, 15) is 9.59 Å². The second-order valence-electron chi connectivity index (χ2n) is 6.57. The summed E-state index contributed by atoms with van der Waals surface area (Å²) in [5, 5.41) is 3.27. The minimum absolute atomic E-state index is 0.212. The van der Waals surface area contributed by atoms with Crippen LogP contribution in [0, 0.1) is 11.7 Å². The number of amides is 1. The fourth-order valence-electron chi connectivity index (χ4n) is 2.94. The molecule has 1 heterocycles. The highest BCUT2D eigenvalue weighted by Gasteiger charge is 2.09. The lowest BCUT2D eigenvalue weighted by molar-refractivity contribution is 0.102. The predicted molar refractivity (Wildman–Crippen MR) is 115 cm³/mol. The number of nitrogens with one attached hydrogen (secondary N) is 3. The lowest BCUT2D eigenvalue weighted by Crippen LogP contribution is -2.13. The molecule has 7 heteroatoms. The van der Waals surface area contributed by atoms with Crippen LogP contribution in [0.1, 0.15) is 15.9 Å². The van der Waals surface area contributed by atoms with Gasteiger partial charge in [0.05, 0.1) is 10.9 Å². The Kier molecular flexibility index (Phi) is 4.97. The van der Waals surface area contributed by atoms with Gasteiger partial charge in [0.1, 0.15) is 11.5 Å². The van der Waals surface area contributed by atoms with Gasteiger partial charge in [0.15, 0.2) is 4.77 Å². The summed E-state index contributed by atoms with van der Waals surface area (Å²) >= 11 is 4.98. The fourth-order valence-corrected chi connectivity index (χ4v) is 3.14. The van der Waals surface area contributed by atoms with Crippen molar-refractivity contribution in [1.82, 2.24) is 9.97 Å². The summed E-state index contributed by atoms with van der Waals surface area (Å²) in [5.74, 6) is 1.13. The van der Waals surface area contributed by atoms with Crippen LogP contribution >= 0.6 is 12.2 Å². The Labute approximate surface area is 171 Å². The van der Waals surface area contributed by atoms with Gasteiger partial charge in [-0.25, -0.2) is 0 Å². The number of carbonyl (C=O) groups is 1. The molecule has 0 aliphatic rings. The van der Waals surface area contributed by atoms with Crippen molar-refractivity contribution in [2.45, 2.75) is 6.92 Å². The van der Waals surface area contributed by atoms with Crippen LogP contribution in [-0.4, -0.2) is 15.9 Å². The fraction of sp³-hybridized carbons (Fsp3) is 0.0455. The van der Waals surface area contributed by atoms with Gasteiger partial charge in [0.25, 0.3) is 11.5 Å². The standard InChI is InChI=1S/C22H17N3O3S/c1-13-3-2-4-17(11-13)28-16-8-6-15(7-9-16)23-20(26)14-5-10-18-19(12-14)24-22(29)25-21(18)27/h2-12H,1H3,(H,23,26)(H2,24,25,27,29). The topological polar surface area (TPSA) is 87.0 Å². The summed E-state index contributed by atoms with van der Waals surface area (Å²) in [6.07, 6.45) is 0. The van der Waals surface area contributed by atoms with Gasteiger partial charge in [-0.05, 0) is 79.3 Å². The quantitative estimate of drug-likeness (QED) is 0.421. The minimum atomic E-state index is -0.293. The highest BCUT2D eigenvalue weighted by molar-refractivity contribution is 7.71. The van der Waals surface area contributed by atoms with Crippen LogP contribution in [-0.2, 0) is 0 Å². The van der Waals surface area contributed by atoms with E-state index in [1.165, 1.54) is 0 Å². The van der Waals surface area contributed by atoms with Crippen molar-refractivity contribution in [1.29, 1.82) is 0 Å². The van der Waals surface area contributed by atoms with Gasteiger partial charge < -0.3 is 15.0 Å². The molecule has 0 aliphatic heterocycles. The first-order chi connectivity index (χ1) is 14.0. The second-order valence-corrected chi connectivity index (χ2v) is 6.97. The predicted octanol–water partition coefficient (Wildman–Crippen LogP) is 4.94. The molecule has 0 fully saturated rings. The van der Waals surface area contributed by atoms with Gasteiger partial charge in [-0.2, -0.15) is 0 Å². The van der Waals surface area contributed by atoms with Crippen molar-refractivity contribution in [3.63, 3.8) is 0 Å². The van der Waals surface area contributed by atoms with Gasteiger partial charge in [0.2, 0.25) is 0 Å². The van der Waals surface area contributed by atoms with Crippen LogP contribution in [0.3, 0.4) is 0 Å². The van der Waals surface area contributed by atoms with E-state index >= 15 is 0 Å². The molecule has 0 atom stereocenters. The van der Waals surface area contributed by atoms with Gasteiger partial charge in [-0.15, -0.1) is 0 Å². The monoisotopic (exact) mass is 403 g/mol. The van der Waals surface area contributed by atoms with Crippen LogP contribution in [0.15, 0.2) is 71.5 Å². The second kappa shape index (κ2) is 7.73. The SMILES string of the molecule is Cc1cccc(Oc2ccc(NC(=O)c3ccc4c(=O)[nH]c(=S)[nH]c4c3)cc2)c1. The molecule has 0 spiro atoms. The molecule has 0 saturated carbocycles. The Balaban J connectivity index is 1.50. The zero-order chi connectivity index (χ0) is 20.4. The molecular formula is C22H17N3O3S. The molecular weight excluding hydrogens is 386 g/mol. The molecule has 1 amide bonds. The van der Waals surface area contributed by atoms with Gasteiger partial charge >= 0.3 is 0 Å². The molecule has 0 saturated heterocycles. The maximum atomic E-state index is 12.6. The summed E-state index contributed by atoms with van der Waals surface area (Å²) in [6, 6.07) is 19.7. The number of aryl methyl sites for hydroxylation is 1. The Morgan fingerprint density at radius 3 is 2.52 bits per heavy atom. The van der Waals surface area contributed by atoms with Gasteiger partial charge in [-0.3, -0.25) is 14.6 Å². The Bertz CT molecular complexity index is 1320. The summed E-state index contributed by atoms with van der Waals surface area (Å²) in [7, 11) is 0. The van der Waals surface area contributed by atoms with E-state index in [1.807, 2.05) is 31.2 Å². The van der Waals surface area contributed by atoms with Gasteiger partial charge in [-0.1, -0.05) is 12.1 Å². The first-order valence-corrected chi connectivity index (χ1v) is 9.31. The third-order valence-corrected chi connectivity index (χ3v) is 4.54. The summed E-state index contributed by atoms with van der Waals surface area (Å²) in [6.45, 7) is 2.00. The number of H-pyrrole nitrogens is 2. The smallest absolute Gasteiger partial charge is 0.259 e. The van der Waals surface area contributed by atoms with Crippen LogP contribution in [0.25, 0.3) is 10.9 Å². The molecule has 4 rings (SSSR count). The molecule has 4 aromatic rings. The summed E-state index contributed by atoms with van der Waals surface area (Å²) in [5.41, 5.74) is 2.37. The largest absolute Gasteiger partial charge is 0.457 e. The number of anilines is 1. The van der Waals surface area contributed by atoms with E-state index in [-0.39, 0.29) is 16.2 Å². The van der Waals surface area contributed by atoms with Crippen molar-refractivity contribution in [3.05, 3.63) is 93.0 Å². The van der Waals surface area contributed by atoms with Crippen molar-refractivity contribution in [2.24, 2.45) is 0 Å². The van der Waals surface area contributed by atoms with E-state index < -0.39 is 0 Å². The van der Waals surface area contributed by atoms with E-state index in [1.54, 1.807) is 42.5 Å². The number of fused-ring (bicyclic) bond motifs is 1. The number of hydrogen-bond acceptors (Lipinski definition) is 4. The lowest BCUT2D eigenvalue weighted by atomic mass is 10.1.